The Morgan fingerprint density at radius 1 is 0.800 bits per heavy atom. The molecule has 3 nitrogen and oxygen atoms in total. The molecule has 3 aromatic carbocycles. The molecule has 30 heavy (non-hydrogen) atoms. The molecule has 0 atom stereocenters. The van der Waals surface area contributed by atoms with E-state index in [4.69, 9.17) is 0 Å². The first kappa shape index (κ1) is 23.2. The van der Waals surface area contributed by atoms with Gasteiger partial charge in [-0.15, -0.1) is 0 Å². The zero-order valence-electron chi connectivity index (χ0n) is 15.2. The molecule has 3 aromatic rings. The minimum absolute atomic E-state index is 0.205. The van der Waals surface area contributed by atoms with E-state index in [-0.39, 0.29) is 11.6 Å². The van der Waals surface area contributed by atoms with E-state index < -0.39 is 0 Å². The smallest absolute Gasteiger partial charge is 0.257 e. The molecule has 1 N–H and O–H groups in total. The van der Waals surface area contributed by atoms with E-state index in [0.29, 0.717) is 14.3 Å². The Labute approximate surface area is 208 Å². The molecule has 3 rings (SSSR count). The zero-order chi connectivity index (χ0) is 21.5. The van der Waals surface area contributed by atoms with Gasteiger partial charge in [-0.2, -0.15) is 5.26 Å². The SMILES string of the molecule is N#CC(NC(=O)c1ccccc1Br)=C(Sc1ccc(Br)cc1)Sc1ccc(Br)cc1. The molecule has 1 amide bonds. The maximum Gasteiger partial charge on any atom is 0.257 e. The number of rotatable bonds is 6. The minimum atomic E-state index is -0.343. The second-order valence-electron chi connectivity index (χ2n) is 5.82. The number of amides is 1. The highest BCUT2D eigenvalue weighted by atomic mass is 79.9. The van der Waals surface area contributed by atoms with Crippen LogP contribution < -0.4 is 5.32 Å². The van der Waals surface area contributed by atoms with Crippen molar-refractivity contribution in [3.8, 4) is 6.07 Å². The first-order valence-electron chi connectivity index (χ1n) is 8.53. The summed E-state index contributed by atoms with van der Waals surface area (Å²) < 4.78 is 3.30. The molecule has 0 saturated heterocycles. The van der Waals surface area contributed by atoms with E-state index in [0.717, 1.165) is 18.7 Å². The van der Waals surface area contributed by atoms with Crippen LogP contribution in [-0.4, -0.2) is 5.91 Å². The Balaban J connectivity index is 1.95. The summed E-state index contributed by atoms with van der Waals surface area (Å²) >= 11 is 13.1. The topological polar surface area (TPSA) is 52.9 Å². The Bertz CT molecular complexity index is 1070. The highest BCUT2D eigenvalue weighted by molar-refractivity contribution is 9.11. The number of benzene rings is 3. The first-order valence-corrected chi connectivity index (χ1v) is 12.5. The fraction of sp³-hybridized carbons (Fsp3) is 0. The Hall–Kier alpha value is -1.50. The third kappa shape index (κ3) is 6.50. The van der Waals surface area contributed by atoms with Crippen LogP contribution in [0, 0.1) is 11.3 Å². The molecule has 0 aliphatic heterocycles. The number of nitrogens with zero attached hydrogens (tertiary/aromatic N) is 1. The summed E-state index contributed by atoms with van der Waals surface area (Å²) in [4.78, 5) is 14.7. The molecule has 0 unspecified atom stereocenters. The van der Waals surface area contributed by atoms with Crippen molar-refractivity contribution in [2.75, 3.05) is 0 Å². The Morgan fingerprint density at radius 3 is 1.77 bits per heavy atom. The van der Waals surface area contributed by atoms with Gasteiger partial charge in [-0.25, -0.2) is 0 Å². The van der Waals surface area contributed by atoms with Crippen molar-refractivity contribution in [1.82, 2.24) is 5.32 Å². The monoisotopic (exact) mass is 622 g/mol. The highest BCUT2D eigenvalue weighted by Gasteiger charge is 2.16. The molecule has 0 heterocycles. The van der Waals surface area contributed by atoms with E-state index in [1.165, 1.54) is 23.5 Å². The number of hydrogen-bond acceptors (Lipinski definition) is 4. The first-order chi connectivity index (χ1) is 14.5. The standard InChI is InChI=1S/C22H13Br3N2OS2/c23-14-5-9-16(10-6-14)29-22(30-17-11-7-15(24)8-12-17)20(13-26)27-21(28)18-3-1-2-4-19(18)25/h1-12H,(H,27,28). The van der Waals surface area contributed by atoms with Crippen molar-refractivity contribution < 1.29 is 4.79 Å². The van der Waals surface area contributed by atoms with Gasteiger partial charge in [0.2, 0.25) is 0 Å². The molecule has 0 aliphatic carbocycles. The number of nitriles is 1. The molecule has 0 fully saturated rings. The average Bonchev–Trinajstić information content (AvgIpc) is 2.75. The van der Waals surface area contributed by atoms with Gasteiger partial charge in [-0.05, 0) is 76.6 Å². The molecule has 0 saturated carbocycles. The van der Waals surface area contributed by atoms with Crippen LogP contribution >= 0.6 is 71.3 Å². The van der Waals surface area contributed by atoms with E-state index >= 15 is 0 Å². The molecular weight excluding hydrogens is 612 g/mol. The van der Waals surface area contributed by atoms with Crippen molar-refractivity contribution in [3.05, 3.63) is 102 Å². The normalized spacial score (nSPS) is 10.2. The largest absolute Gasteiger partial charge is 0.312 e. The number of carbonyl (C=O) groups is 1. The lowest BCUT2D eigenvalue weighted by atomic mass is 10.2. The van der Waals surface area contributed by atoms with Gasteiger partial charge < -0.3 is 5.32 Å². The number of allylic oxidation sites excluding steroid dienone is 1. The van der Waals surface area contributed by atoms with E-state index in [9.17, 15) is 10.1 Å². The fourth-order valence-corrected chi connectivity index (χ4v) is 5.40. The Kier molecular flexibility index (Phi) is 8.66. The predicted molar refractivity (Wildman–Crippen MR) is 134 cm³/mol. The number of nitrogens with one attached hydrogen (secondary N) is 1. The summed E-state index contributed by atoms with van der Waals surface area (Å²) in [7, 11) is 0. The van der Waals surface area contributed by atoms with Crippen molar-refractivity contribution >= 4 is 77.2 Å². The summed E-state index contributed by atoms with van der Waals surface area (Å²) in [5.74, 6) is -0.343. The lowest BCUT2D eigenvalue weighted by Gasteiger charge is -2.12. The van der Waals surface area contributed by atoms with E-state index in [2.05, 4.69) is 59.2 Å². The van der Waals surface area contributed by atoms with Crippen LogP contribution in [0.1, 0.15) is 10.4 Å². The number of hydrogen-bond donors (Lipinski definition) is 1. The number of carbonyl (C=O) groups excluding carboxylic acids is 1. The fourth-order valence-electron chi connectivity index (χ4n) is 2.29. The summed E-state index contributed by atoms with van der Waals surface area (Å²) in [5.41, 5.74) is 0.670. The number of thioether (sulfide) groups is 2. The zero-order valence-corrected chi connectivity index (χ0v) is 21.6. The van der Waals surface area contributed by atoms with Gasteiger partial charge in [0.1, 0.15) is 11.8 Å². The van der Waals surface area contributed by atoms with E-state index in [1.807, 2.05) is 54.6 Å². The van der Waals surface area contributed by atoms with Crippen LogP contribution in [0.5, 0.6) is 0 Å². The van der Waals surface area contributed by atoms with Crippen LogP contribution in [0.15, 0.2) is 106 Å². The van der Waals surface area contributed by atoms with Crippen LogP contribution in [0.25, 0.3) is 0 Å². The maximum absolute atomic E-state index is 12.8. The van der Waals surface area contributed by atoms with Gasteiger partial charge in [-0.3, -0.25) is 4.79 Å². The van der Waals surface area contributed by atoms with Crippen molar-refractivity contribution in [2.24, 2.45) is 0 Å². The summed E-state index contributed by atoms with van der Waals surface area (Å²) in [5, 5.41) is 12.6. The quantitative estimate of drug-likeness (QED) is 0.223. The van der Waals surface area contributed by atoms with Gasteiger partial charge in [0.05, 0.1) is 9.80 Å². The maximum atomic E-state index is 12.8. The molecule has 150 valence electrons. The van der Waals surface area contributed by atoms with Crippen LogP contribution in [0.4, 0.5) is 0 Å². The molecule has 0 spiro atoms. The molecule has 0 bridgehead atoms. The van der Waals surface area contributed by atoms with Gasteiger partial charge in [-0.1, -0.05) is 67.5 Å². The van der Waals surface area contributed by atoms with E-state index in [1.54, 1.807) is 18.2 Å². The molecular formula is C22H13Br3N2OS2. The van der Waals surface area contributed by atoms with Gasteiger partial charge in [0.15, 0.2) is 0 Å². The van der Waals surface area contributed by atoms with Gasteiger partial charge in [0, 0.05) is 23.2 Å². The third-order valence-corrected chi connectivity index (χ3v) is 7.76. The minimum Gasteiger partial charge on any atom is -0.312 e. The molecule has 8 heteroatoms. The summed E-state index contributed by atoms with van der Waals surface area (Å²) in [6.45, 7) is 0. The van der Waals surface area contributed by atoms with Gasteiger partial charge in [0.25, 0.3) is 5.91 Å². The average molecular weight is 625 g/mol. The molecule has 0 aliphatic rings. The second-order valence-corrected chi connectivity index (χ2v) is 10.9. The predicted octanol–water partition coefficient (Wildman–Crippen LogP) is 7.98. The van der Waals surface area contributed by atoms with Gasteiger partial charge >= 0.3 is 0 Å². The lowest BCUT2D eigenvalue weighted by molar-refractivity contribution is 0.0966. The van der Waals surface area contributed by atoms with Crippen molar-refractivity contribution in [1.29, 1.82) is 5.26 Å². The third-order valence-electron chi connectivity index (χ3n) is 3.72. The van der Waals surface area contributed by atoms with Crippen LogP contribution in [0.2, 0.25) is 0 Å². The second kappa shape index (κ2) is 11.2. The van der Waals surface area contributed by atoms with Crippen molar-refractivity contribution in [2.45, 2.75) is 9.79 Å². The molecule has 0 aromatic heterocycles. The van der Waals surface area contributed by atoms with Crippen LogP contribution in [0.3, 0.4) is 0 Å². The lowest BCUT2D eigenvalue weighted by Crippen LogP contribution is -2.23. The summed E-state index contributed by atoms with van der Waals surface area (Å²) in [6, 6.07) is 24.9. The Morgan fingerprint density at radius 2 is 1.30 bits per heavy atom. The highest BCUT2D eigenvalue weighted by Crippen LogP contribution is 2.41. The van der Waals surface area contributed by atoms with Crippen LogP contribution in [-0.2, 0) is 0 Å². The summed E-state index contributed by atoms with van der Waals surface area (Å²) in [6.07, 6.45) is 0. The molecule has 0 radical (unpaired) electrons. The van der Waals surface area contributed by atoms with Crippen molar-refractivity contribution in [3.63, 3.8) is 0 Å². The number of halogens is 3.